The smallest absolute Gasteiger partial charge is 0.316 e. The number of nitrogens with zero attached hydrogens (tertiary/aromatic N) is 1. The Morgan fingerprint density at radius 3 is 2.26 bits per heavy atom. The third-order valence-corrected chi connectivity index (χ3v) is 4.97. The number of methoxy groups -OCH3 is 1. The first kappa shape index (κ1) is 19.0. The molecule has 142 valence electrons. The first-order chi connectivity index (χ1) is 13.1. The third kappa shape index (κ3) is 3.82. The van der Waals surface area contributed by atoms with Gasteiger partial charge in [0.15, 0.2) is 11.5 Å². The number of aryl methyl sites for hydroxylation is 2. The second kappa shape index (κ2) is 8.25. The van der Waals surface area contributed by atoms with Crippen molar-refractivity contribution in [3.05, 3.63) is 53.6 Å². The fourth-order valence-electron chi connectivity index (χ4n) is 3.54. The zero-order valence-corrected chi connectivity index (χ0v) is 16.0. The molecule has 0 aliphatic carbocycles. The van der Waals surface area contributed by atoms with Gasteiger partial charge in [-0.05, 0) is 36.1 Å². The molecule has 27 heavy (non-hydrogen) atoms. The zero-order valence-electron chi connectivity index (χ0n) is 16.0. The van der Waals surface area contributed by atoms with Crippen LogP contribution in [0.4, 0.5) is 5.69 Å². The number of rotatable bonds is 6. The van der Waals surface area contributed by atoms with E-state index in [2.05, 4.69) is 13.8 Å². The van der Waals surface area contributed by atoms with Gasteiger partial charge in [0.2, 0.25) is 5.91 Å². The Morgan fingerprint density at radius 1 is 1.04 bits per heavy atom. The fraction of sp³-hybridized carbons (Fsp3) is 0.364. The first-order valence-electron chi connectivity index (χ1n) is 9.34. The van der Waals surface area contributed by atoms with E-state index in [9.17, 15) is 9.59 Å². The van der Waals surface area contributed by atoms with E-state index < -0.39 is 11.9 Å². The summed E-state index contributed by atoms with van der Waals surface area (Å²) in [5, 5.41) is 0. The van der Waals surface area contributed by atoms with E-state index >= 15 is 0 Å². The van der Waals surface area contributed by atoms with Gasteiger partial charge < -0.3 is 14.4 Å². The number of hydrogen-bond acceptors (Lipinski definition) is 4. The molecule has 1 amide bonds. The molecule has 1 atom stereocenters. The molecular formula is C22H25NO4. The summed E-state index contributed by atoms with van der Waals surface area (Å²) in [7, 11) is 1.53. The number of carbonyl (C=O) groups excluding carboxylic acids is 2. The van der Waals surface area contributed by atoms with Crippen molar-refractivity contribution in [1.82, 2.24) is 0 Å². The predicted octanol–water partition coefficient (Wildman–Crippen LogP) is 3.78. The number of esters is 1. The van der Waals surface area contributed by atoms with E-state index in [1.54, 1.807) is 23.1 Å². The van der Waals surface area contributed by atoms with Gasteiger partial charge in [-0.25, -0.2) is 0 Å². The molecule has 0 saturated carbocycles. The number of ether oxygens (including phenoxy) is 2. The van der Waals surface area contributed by atoms with Gasteiger partial charge in [0, 0.05) is 18.7 Å². The van der Waals surface area contributed by atoms with Gasteiger partial charge in [-0.2, -0.15) is 0 Å². The lowest BCUT2D eigenvalue weighted by Crippen LogP contribution is -2.29. The van der Waals surface area contributed by atoms with E-state index in [1.807, 2.05) is 24.3 Å². The van der Waals surface area contributed by atoms with Crippen LogP contribution in [0.15, 0.2) is 42.5 Å². The van der Waals surface area contributed by atoms with Crippen LogP contribution in [-0.4, -0.2) is 25.5 Å². The number of carbonyl (C=O) groups is 2. The van der Waals surface area contributed by atoms with Crippen molar-refractivity contribution in [1.29, 1.82) is 0 Å². The van der Waals surface area contributed by atoms with Gasteiger partial charge in [-0.1, -0.05) is 44.2 Å². The Kier molecular flexibility index (Phi) is 5.79. The van der Waals surface area contributed by atoms with Gasteiger partial charge in [-0.15, -0.1) is 0 Å². The Morgan fingerprint density at radius 2 is 1.67 bits per heavy atom. The minimum absolute atomic E-state index is 0.0347. The lowest BCUT2D eigenvalue weighted by atomic mass is 10.0. The van der Waals surface area contributed by atoms with Crippen LogP contribution in [0.5, 0.6) is 11.5 Å². The monoisotopic (exact) mass is 367 g/mol. The van der Waals surface area contributed by atoms with Crippen LogP contribution in [0.2, 0.25) is 0 Å². The highest BCUT2D eigenvalue weighted by atomic mass is 16.6. The summed E-state index contributed by atoms with van der Waals surface area (Å²) in [5.41, 5.74) is 3.21. The molecule has 3 rings (SSSR count). The molecule has 0 spiro atoms. The number of anilines is 1. The zero-order chi connectivity index (χ0) is 19.4. The molecule has 0 N–H and O–H groups in total. The molecule has 0 bridgehead atoms. The maximum Gasteiger partial charge on any atom is 0.316 e. The summed E-state index contributed by atoms with van der Waals surface area (Å²) in [4.78, 5) is 27.1. The van der Waals surface area contributed by atoms with Crippen LogP contribution < -0.4 is 14.4 Å². The largest absolute Gasteiger partial charge is 0.493 e. The van der Waals surface area contributed by atoms with Crippen molar-refractivity contribution >= 4 is 17.6 Å². The molecule has 0 radical (unpaired) electrons. The molecule has 0 aromatic heterocycles. The quantitative estimate of drug-likeness (QED) is 0.576. The SMILES string of the molecule is CCc1cccc(CC)c1N1C[C@H](C(=O)Oc2ccccc2OC)CC1=O. The van der Waals surface area contributed by atoms with Gasteiger partial charge in [-0.3, -0.25) is 9.59 Å². The van der Waals surface area contributed by atoms with Crippen molar-refractivity contribution < 1.29 is 19.1 Å². The lowest BCUT2D eigenvalue weighted by Gasteiger charge is -2.23. The summed E-state index contributed by atoms with van der Waals surface area (Å²) in [6, 6.07) is 13.1. The Balaban J connectivity index is 1.81. The summed E-state index contributed by atoms with van der Waals surface area (Å²) >= 11 is 0. The van der Waals surface area contributed by atoms with Crippen molar-refractivity contribution in [3.8, 4) is 11.5 Å². The highest BCUT2D eigenvalue weighted by Crippen LogP contribution is 2.34. The maximum atomic E-state index is 12.7. The molecule has 1 heterocycles. The normalized spacial score (nSPS) is 16.5. The number of hydrogen-bond donors (Lipinski definition) is 0. The van der Waals surface area contributed by atoms with Crippen molar-refractivity contribution in [2.45, 2.75) is 33.1 Å². The Bertz CT molecular complexity index is 824. The van der Waals surface area contributed by atoms with Crippen LogP contribution in [-0.2, 0) is 22.4 Å². The molecule has 0 unspecified atom stereocenters. The van der Waals surface area contributed by atoms with Crippen LogP contribution in [0, 0.1) is 5.92 Å². The van der Waals surface area contributed by atoms with Gasteiger partial charge in [0.25, 0.3) is 0 Å². The summed E-state index contributed by atoms with van der Waals surface area (Å²) in [6.45, 7) is 4.50. The van der Waals surface area contributed by atoms with Crippen LogP contribution in [0.3, 0.4) is 0 Å². The highest BCUT2D eigenvalue weighted by molar-refractivity contribution is 6.01. The molecular weight excluding hydrogens is 342 g/mol. The standard InChI is InChI=1S/C22H25NO4/c1-4-15-9-8-10-16(5-2)21(15)23-14-17(13-20(23)24)22(25)27-19-12-7-6-11-18(19)26-3/h6-12,17H,4-5,13-14H2,1-3H3/t17-/m1/s1. The summed E-state index contributed by atoms with van der Waals surface area (Å²) < 4.78 is 10.7. The second-order valence-electron chi connectivity index (χ2n) is 6.61. The van der Waals surface area contributed by atoms with E-state index in [4.69, 9.17) is 9.47 Å². The van der Waals surface area contributed by atoms with Crippen molar-refractivity contribution in [2.24, 2.45) is 5.92 Å². The van der Waals surface area contributed by atoms with E-state index in [0.29, 0.717) is 18.0 Å². The summed E-state index contributed by atoms with van der Waals surface area (Å²) in [5.74, 6) is -0.0530. The molecule has 5 heteroatoms. The Hall–Kier alpha value is -2.82. The fourth-order valence-corrected chi connectivity index (χ4v) is 3.54. The average molecular weight is 367 g/mol. The molecule has 2 aromatic rings. The highest BCUT2D eigenvalue weighted by Gasteiger charge is 2.38. The van der Waals surface area contributed by atoms with E-state index in [0.717, 1.165) is 29.7 Å². The maximum absolute atomic E-state index is 12.7. The third-order valence-electron chi connectivity index (χ3n) is 4.97. The predicted molar refractivity (Wildman–Crippen MR) is 104 cm³/mol. The van der Waals surface area contributed by atoms with Gasteiger partial charge in [0.1, 0.15) is 0 Å². The minimum atomic E-state index is -0.489. The number of benzene rings is 2. The molecule has 1 aliphatic rings. The van der Waals surface area contributed by atoms with Gasteiger partial charge >= 0.3 is 5.97 Å². The number of para-hydroxylation sites is 3. The average Bonchev–Trinajstić information content (AvgIpc) is 3.09. The molecule has 2 aromatic carbocycles. The Labute approximate surface area is 159 Å². The van der Waals surface area contributed by atoms with Crippen LogP contribution in [0.1, 0.15) is 31.4 Å². The van der Waals surface area contributed by atoms with E-state index in [1.165, 1.54) is 7.11 Å². The second-order valence-corrected chi connectivity index (χ2v) is 6.61. The lowest BCUT2D eigenvalue weighted by molar-refractivity contribution is -0.139. The van der Waals surface area contributed by atoms with E-state index in [-0.39, 0.29) is 12.3 Å². The first-order valence-corrected chi connectivity index (χ1v) is 9.34. The minimum Gasteiger partial charge on any atom is -0.493 e. The van der Waals surface area contributed by atoms with Crippen molar-refractivity contribution in [2.75, 3.05) is 18.6 Å². The number of amides is 1. The topological polar surface area (TPSA) is 55.8 Å². The van der Waals surface area contributed by atoms with Crippen molar-refractivity contribution in [3.63, 3.8) is 0 Å². The molecule has 1 aliphatic heterocycles. The molecule has 5 nitrogen and oxygen atoms in total. The van der Waals surface area contributed by atoms with Crippen LogP contribution >= 0.6 is 0 Å². The van der Waals surface area contributed by atoms with Crippen LogP contribution in [0.25, 0.3) is 0 Å². The van der Waals surface area contributed by atoms with Gasteiger partial charge in [0.05, 0.1) is 13.0 Å². The summed E-state index contributed by atoms with van der Waals surface area (Å²) in [6.07, 6.45) is 1.84. The molecule has 1 fully saturated rings. The molecule has 1 saturated heterocycles.